The van der Waals surface area contributed by atoms with Crippen LogP contribution in [-0.4, -0.2) is 47.3 Å². The number of carbonyl (C=O) groups excluding carboxylic acids is 2. The molecule has 0 unspecified atom stereocenters. The standard InChI is InChI=1S/C38H38F2N2O6/c1-5-45-37(43)33-19-30(26-13-9-22(3)18-32(26)40)28-15-11-24(48-36(28)42-33)7-6-16-46-38(44)34-20-29(25-12-8-21(2)17-31(25)39)27-14-10-23(4)47-35(27)41-34/h8-9,12-13,17-20,23-24H,5-7,10-11,14-16H2,1-4H3/t23-,24+/m1/s1. The van der Waals surface area contributed by atoms with Crippen LogP contribution < -0.4 is 9.47 Å². The molecule has 0 N–H and O–H groups in total. The highest BCUT2D eigenvalue weighted by Gasteiger charge is 2.29. The number of nitrogens with zero attached hydrogens (tertiary/aromatic N) is 2. The Bertz CT molecular complexity index is 1880. The second-order valence-electron chi connectivity index (χ2n) is 12.4. The highest BCUT2D eigenvalue weighted by Crippen LogP contribution is 2.39. The summed E-state index contributed by atoms with van der Waals surface area (Å²) in [5, 5.41) is 0. The molecule has 0 radical (unpaired) electrons. The van der Waals surface area contributed by atoms with Gasteiger partial charge in [0.15, 0.2) is 11.4 Å². The SMILES string of the molecule is CCOC(=O)c1cc(-c2ccc(C)cc2F)c2c(n1)O[C@@H](CCCOC(=O)c1cc(-c3ccc(C)cc3F)c3c(n1)O[C@H](C)CC3)CC2. The van der Waals surface area contributed by atoms with Gasteiger partial charge in [0.1, 0.15) is 17.7 Å². The molecule has 0 saturated carbocycles. The van der Waals surface area contributed by atoms with Gasteiger partial charge in [-0.05, 0) is 113 Å². The van der Waals surface area contributed by atoms with E-state index in [0.717, 1.165) is 28.7 Å². The van der Waals surface area contributed by atoms with Crippen molar-refractivity contribution in [1.82, 2.24) is 9.97 Å². The van der Waals surface area contributed by atoms with Crippen molar-refractivity contribution in [2.24, 2.45) is 0 Å². The summed E-state index contributed by atoms with van der Waals surface area (Å²) < 4.78 is 53.0. The van der Waals surface area contributed by atoms with E-state index in [9.17, 15) is 9.59 Å². The lowest BCUT2D eigenvalue weighted by Gasteiger charge is -2.27. The average molecular weight is 657 g/mol. The van der Waals surface area contributed by atoms with Gasteiger partial charge in [0.05, 0.1) is 19.3 Å². The van der Waals surface area contributed by atoms with Crippen LogP contribution >= 0.6 is 0 Å². The number of pyridine rings is 2. The minimum Gasteiger partial charge on any atom is -0.474 e. The van der Waals surface area contributed by atoms with Gasteiger partial charge in [0, 0.05) is 22.3 Å². The first-order valence-electron chi connectivity index (χ1n) is 16.4. The van der Waals surface area contributed by atoms with E-state index in [-0.39, 0.29) is 48.5 Å². The maximum atomic E-state index is 15.1. The maximum Gasteiger partial charge on any atom is 0.357 e. The first-order chi connectivity index (χ1) is 23.1. The van der Waals surface area contributed by atoms with Crippen LogP contribution in [0.1, 0.15) is 82.8 Å². The number of aromatic nitrogens is 2. The molecule has 250 valence electrons. The lowest BCUT2D eigenvalue weighted by Crippen LogP contribution is -2.25. The third-order valence-corrected chi connectivity index (χ3v) is 8.71. The van der Waals surface area contributed by atoms with Crippen LogP contribution in [0, 0.1) is 25.5 Å². The van der Waals surface area contributed by atoms with E-state index in [0.29, 0.717) is 60.2 Å². The van der Waals surface area contributed by atoms with Gasteiger partial charge in [0.25, 0.3) is 0 Å². The van der Waals surface area contributed by atoms with E-state index in [2.05, 4.69) is 9.97 Å². The van der Waals surface area contributed by atoms with Crippen molar-refractivity contribution in [3.05, 3.63) is 93.8 Å². The Morgan fingerprint density at radius 1 is 0.771 bits per heavy atom. The van der Waals surface area contributed by atoms with Gasteiger partial charge in [0.2, 0.25) is 11.8 Å². The highest BCUT2D eigenvalue weighted by molar-refractivity contribution is 5.91. The van der Waals surface area contributed by atoms with Crippen molar-refractivity contribution in [2.75, 3.05) is 13.2 Å². The molecule has 2 aliphatic heterocycles. The van der Waals surface area contributed by atoms with Crippen LogP contribution in [0.2, 0.25) is 0 Å². The molecule has 8 nitrogen and oxygen atoms in total. The molecule has 0 bridgehead atoms. The number of benzene rings is 2. The minimum atomic E-state index is -0.631. The largest absolute Gasteiger partial charge is 0.474 e. The first kappa shape index (κ1) is 33.1. The van der Waals surface area contributed by atoms with Crippen molar-refractivity contribution < 1.29 is 37.3 Å². The molecule has 2 aromatic carbocycles. The lowest BCUT2D eigenvalue weighted by atomic mass is 9.92. The summed E-state index contributed by atoms with van der Waals surface area (Å²) in [7, 11) is 0. The summed E-state index contributed by atoms with van der Waals surface area (Å²) in [6.07, 6.45) is 3.31. The van der Waals surface area contributed by atoms with Gasteiger partial charge < -0.3 is 18.9 Å². The monoisotopic (exact) mass is 656 g/mol. The van der Waals surface area contributed by atoms with Crippen molar-refractivity contribution in [3.63, 3.8) is 0 Å². The Kier molecular flexibility index (Phi) is 9.71. The van der Waals surface area contributed by atoms with E-state index in [4.69, 9.17) is 18.9 Å². The molecule has 48 heavy (non-hydrogen) atoms. The number of halogens is 2. The number of rotatable bonds is 9. The fourth-order valence-corrected chi connectivity index (χ4v) is 6.22. The quantitative estimate of drug-likeness (QED) is 0.132. The number of aryl methyl sites for hydroxylation is 2. The van der Waals surface area contributed by atoms with Crippen molar-refractivity contribution >= 4 is 11.9 Å². The van der Waals surface area contributed by atoms with Crippen molar-refractivity contribution in [3.8, 4) is 34.0 Å². The molecule has 2 atom stereocenters. The molecule has 2 aromatic heterocycles. The van der Waals surface area contributed by atoms with Crippen molar-refractivity contribution in [2.45, 2.75) is 78.4 Å². The molecule has 10 heteroatoms. The topological polar surface area (TPSA) is 96.8 Å². The second kappa shape index (κ2) is 14.1. The molecule has 0 amide bonds. The van der Waals surface area contributed by atoms with Crippen LogP contribution in [0.3, 0.4) is 0 Å². The zero-order valence-corrected chi connectivity index (χ0v) is 27.5. The number of hydrogen-bond acceptors (Lipinski definition) is 8. The molecular weight excluding hydrogens is 618 g/mol. The predicted octanol–water partition coefficient (Wildman–Crippen LogP) is 7.93. The molecule has 4 aromatic rings. The zero-order chi connectivity index (χ0) is 33.9. The highest BCUT2D eigenvalue weighted by atomic mass is 19.1. The van der Waals surface area contributed by atoms with Gasteiger partial charge in [-0.3, -0.25) is 0 Å². The Labute approximate surface area is 278 Å². The molecular formula is C38H38F2N2O6. The first-order valence-corrected chi connectivity index (χ1v) is 16.4. The third-order valence-electron chi connectivity index (χ3n) is 8.71. The molecule has 0 aliphatic carbocycles. The van der Waals surface area contributed by atoms with Crippen LogP contribution in [0.5, 0.6) is 11.8 Å². The van der Waals surface area contributed by atoms with Crippen molar-refractivity contribution in [1.29, 1.82) is 0 Å². The number of fused-ring (bicyclic) bond motifs is 2. The van der Waals surface area contributed by atoms with E-state index < -0.39 is 17.8 Å². The number of ether oxygens (including phenoxy) is 4. The fourth-order valence-electron chi connectivity index (χ4n) is 6.22. The van der Waals surface area contributed by atoms with Crippen LogP contribution in [-0.2, 0) is 22.3 Å². The Hall–Kier alpha value is -4.86. The number of carbonyl (C=O) groups is 2. The molecule has 0 spiro atoms. The Morgan fingerprint density at radius 2 is 1.31 bits per heavy atom. The van der Waals surface area contributed by atoms with Gasteiger partial charge in [-0.2, -0.15) is 0 Å². The molecule has 0 saturated heterocycles. The summed E-state index contributed by atoms with van der Waals surface area (Å²) >= 11 is 0. The van der Waals surface area contributed by atoms with Crippen LogP contribution in [0.25, 0.3) is 22.3 Å². The molecule has 4 heterocycles. The van der Waals surface area contributed by atoms with Gasteiger partial charge in [-0.15, -0.1) is 0 Å². The summed E-state index contributed by atoms with van der Waals surface area (Å²) in [6, 6.07) is 13.1. The molecule has 2 aliphatic rings. The second-order valence-corrected chi connectivity index (χ2v) is 12.4. The summed E-state index contributed by atoms with van der Waals surface area (Å²) in [5.74, 6) is -1.42. The summed E-state index contributed by atoms with van der Waals surface area (Å²) in [6.45, 7) is 7.54. The van der Waals surface area contributed by atoms with E-state index >= 15 is 8.78 Å². The van der Waals surface area contributed by atoms with Gasteiger partial charge >= 0.3 is 11.9 Å². The summed E-state index contributed by atoms with van der Waals surface area (Å²) in [5.41, 5.74) is 5.04. The maximum absolute atomic E-state index is 15.1. The van der Waals surface area contributed by atoms with E-state index in [1.54, 1.807) is 31.2 Å². The third kappa shape index (κ3) is 7.02. The molecule has 6 rings (SSSR count). The van der Waals surface area contributed by atoms with Crippen LogP contribution in [0.15, 0.2) is 48.5 Å². The average Bonchev–Trinajstić information content (AvgIpc) is 3.05. The smallest absolute Gasteiger partial charge is 0.357 e. The Morgan fingerprint density at radius 3 is 1.88 bits per heavy atom. The van der Waals surface area contributed by atoms with E-state index in [1.807, 2.05) is 32.9 Å². The molecule has 0 fully saturated rings. The van der Waals surface area contributed by atoms with Crippen LogP contribution in [0.4, 0.5) is 8.78 Å². The normalized spacial score (nSPS) is 16.6. The van der Waals surface area contributed by atoms with E-state index in [1.165, 1.54) is 12.1 Å². The number of esters is 2. The predicted molar refractivity (Wildman–Crippen MR) is 175 cm³/mol. The fraction of sp³-hybridized carbons (Fsp3) is 0.368. The van der Waals surface area contributed by atoms with Gasteiger partial charge in [-0.1, -0.05) is 24.3 Å². The minimum absolute atomic E-state index is 0.0426. The van der Waals surface area contributed by atoms with Gasteiger partial charge in [-0.25, -0.2) is 28.3 Å². The zero-order valence-electron chi connectivity index (χ0n) is 27.5. The summed E-state index contributed by atoms with van der Waals surface area (Å²) in [4.78, 5) is 34.7. The Balaban J connectivity index is 1.15. The number of hydrogen-bond donors (Lipinski definition) is 0. The lowest BCUT2D eigenvalue weighted by molar-refractivity contribution is 0.0468.